The van der Waals surface area contributed by atoms with Gasteiger partial charge in [-0.3, -0.25) is 0 Å². The van der Waals surface area contributed by atoms with Crippen molar-refractivity contribution in [3.8, 4) is 0 Å². The van der Waals surface area contributed by atoms with Gasteiger partial charge in [0, 0.05) is 6.04 Å². The number of hydrogen-bond donors (Lipinski definition) is 1. The van der Waals surface area contributed by atoms with Gasteiger partial charge in [-0.15, -0.1) is 0 Å². The predicted octanol–water partition coefficient (Wildman–Crippen LogP) is 1.02. The number of nitrogen functional groups attached to an aromatic ring is 1. The van der Waals surface area contributed by atoms with Crippen LogP contribution in [0, 0.1) is 0 Å². The van der Waals surface area contributed by atoms with Crippen LogP contribution in [0.25, 0.3) is 0 Å². The van der Waals surface area contributed by atoms with Crippen LogP contribution >= 0.6 is 0 Å². The number of hydrogen-bond acceptors (Lipinski definition) is 5. The van der Waals surface area contributed by atoms with Crippen LogP contribution in [0.5, 0.6) is 0 Å². The zero-order valence-electron chi connectivity index (χ0n) is 10.2. The lowest BCUT2D eigenvalue weighted by Gasteiger charge is -2.26. The van der Waals surface area contributed by atoms with Crippen LogP contribution in [-0.4, -0.2) is 41.5 Å². The molecule has 0 aliphatic carbocycles. The van der Waals surface area contributed by atoms with Crippen LogP contribution < -0.4 is 5.73 Å². The van der Waals surface area contributed by atoms with Gasteiger partial charge in [-0.1, -0.05) is 0 Å². The number of nitrogens with zero attached hydrogens (tertiary/aromatic N) is 3. The zero-order valence-corrected chi connectivity index (χ0v) is 11.0. The molecule has 0 aliphatic heterocycles. The number of aromatic nitrogens is 2. The average Bonchev–Trinajstić information content (AvgIpc) is 2.25. The van der Waals surface area contributed by atoms with Crippen LogP contribution in [0.15, 0.2) is 17.3 Å². The van der Waals surface area contributed by atoms with Gasteiger partial charge in [0.2, 0.25) is 16.0 Å². The Labute approximate surface area is 108 Å². The highest BCUT2D eigenvalue weighted by Crippen LogP contribution is 2.24. The van der Waals surface area contributed by atoms with Crippen molar-refractivity contribution in [1.29, 1.82) is 0 Å². The maximum Gasteiger partial charge on any atom is 0.402 e. The molecular weight excluding hydrogens is 285 g/mol. The lowest BCUT2D eigenvalue weighted by molar-refractivity contribution is -0.138. The van der Waals surface area contributed by atoms with Crippen LogP contribution in [0.4, 0.5) is 19.1 Å². The summed E-state index contributed by atoms with van der Waals surface area (Å²) in [4.78, 5) is 6.50. The van der Waals surface area contributed by atoms with Crippen LogP contribution in [0.1, 0.15) is 13.8 Å². The maximum absolute atomic E-state index is 12.4. The lowest BCUT2D eigenvalue weighted by atomic mass is 10.4. The smallest absolute Gasteiger partial charge is 0.368 e. The number of rotatable bonds is 4. The third-order valence-corrected chi connectivity index (χ3v) is 4.14. The number of nitrogens with two attached hydrogens (primary N) is 1. The first-order valence-electron chi connectivity index (χ1n) is 5.20. The Morgan fingerprint density at radius 3 is 2.16 bits per heavy atom. The summed E-state index contributed by atoms with van der Waals surface area (Å²) in [5.41, 5.74) is 5.20. The molecule has 1 rings (SSSR count). The molecule has 0 aliphatic rings. The van der Waals surface area contributed by atoms with Gasteiger partial charge in [0.1, 0.15) is 11.4 Å². The van der Waals surface area contributed by atoms with E-state index in [0.717, 1.165) is 12.4 Å². The molecule has 19 heavy (non-hydrogen) atoms. The Kier molecular flexibility index (Phi) is 4.35. The minimum Gasteiger partial charge on any atom is -0.368 e. The first-order valence-corrected chi connectivity index (χ1v) is 6.64. The number of anilines is 1. The summed E-state index contributed by atoms with van der Waals surface area (Å²) < 4.78 is 61.7. The molecule has 0 fully saturated rings. The predicted molar refractivity (Wildman–Crippen MR) is 61.5 cm³/mol. The molecule has 6 nitrogen and oxygen atoms in total. The van der Waals surface area contributed by atoms with Crippen molar-refractivity contribution in [2.24, 2.45) is 0 Å². The summed E-state index contributed by atoms with van der Waals surface area (Å²) in [5.74, 6) is -0.161. The highest BCUT2D eigenvalue weighted by atomic mass is 32.2. The lowest BCUT2D eigenvalue weighted by Crippen LogP contribution is -2.43. The number of sulfonamides is 1. The number of halogens is 3. The van der Waals surface area contributed by atoms with E-state index < -0.39 is 33.7 Å². The van der Waals surface area contributed by atoms with Gasteiger partial charge in [-0.2, -0.15) is 17.5 Å². The normalized spacial score (nSPS) is 13.2. The van der Waals surface area contributed by atoms with E-state index in [4.69, 9.17) is 5.73 Å². The molecule has 10 heteroatoms. The fourth-order valence-electron chi connectivity index (χ4n) is 1.32. The second-order valence-corrected chi connectivity index (χ2v) is 5.93. The second kappa shape index (κ2) is 5.29. The molecule has 0 spiro atoms. The molecule has 0 amide bonds. The first kappa shape index (κ1) is 15.6. The van der Waals surface area contributed by atoms with Crippen molar-refractivity contribution in [3.05, 3.63) is 12.4 Å². The molecule has 2 N–H and O–H groups in total. The Balaban J connectivity index is 3.17. The van der Waals surface area contributed by atoms with Crippen molar-refractivity contribution in [1.82, 2.24) is 14.3 Å². The minimum atomic E-state index is -4.63. The molecule has 0 radical (unpaired) electrons. The summed E-state index contributed by atoms with van der Waals surface area (Å²) in [6.07, 6.45) is -2.88. The average molecular weight is 298 g/mol. The Morgan fingerprint density at radius 2 is 1.79 bits per heavy atom. The van der Waals surface area contributed by atoms with Crippen LogP contribution in [0.3, 0.4) is 0 Å². The topological polar surface area (TPSA) is 89.2 Å². The summed E-state index contributed by atoms with van der Waals surface area (Å²) in [5, 5.41) is 0. The Morgan fingerprint density at radius 1 is 1.32 bits per heavy atom. The maximum atomic E-state index is 12.4. The van der Waals surface area contributed by atoms with Crippen molar-refractivity contribution < 1.29 is 21.6 Å². The molecule has 0 aromatic carbocycles. The van der Waals surface area contributed by atoms with E-state index in [1.165, 1.54) is 13.8 Å². The molecule has 108 valence electrons. The van der Waals surface area contributed by atoms with Crippen molar-refractivity contribution in [3.63, 3.8) is 0 Å². The molecular formula is C9H13F3N4O2S. The highest BCUT2D eigenvalue weighted by Gasteiger charge is 2.38. The third kappa shape index (κ3) is 4.03. The monoisotopic (exact) mass is 298 g/mol. The second-order valence-electron chi connectivity index (χ2n) is 4.04. The zero-order chi connectivity index (χ0) is 14.8. The van der Waals surface area contributed by atoms with E-state index in [1.54, 1.807) is 0 Å². The van der Waals surface area contributed by atoms with E-state index in [0.29, 0.717) is 4.31 Å². The first-order chi connectivity index (χ1) is 8.54. The molecule has 0 unspecified atom stereocenters. The fraction of sp³-hybridized carbons (Fsp3) is 0.556. The summed E-state index contributed by atoms with van der Waals surface area (Å²) >= 11 is 0. The van der Waals surface area contributed by atoms with Crippen molar-refractivity contribution >= 4 is 16.0 Å². The highest BCUT2D eigenvalue weighted by molar-refractivity contribution is 7.89. The van der Waals surface area contributed by atoms with Gasteiger partial charge >= 0.3 is 6.18 Å². The van der Waals surface area contributed by atoms with E-state index in [-0.39, 0.29) is 5.95 Å². The minimum absolute atomic E-state index is 0.161. The van der Waals surface area contributed by atoms with Gasteiger partial charge < -0.3 is 5.73 Å². The standard InChI is InChI=1S/C9H13F3N4O2S/c1-6(2)16(5-9(10,11)12)19(17,18)7-3-14-8(13)15-4-7/h3-4,6H,5H2,1-2H3,(H2,13,14,15). The van der Waals surface area contributed by atoms with E-state index >= 15 is 0 Å². The molecule has 0 atom stereocenters. The van der Waals surface area contributed by atoms with Crippen LogP contribution in [0.2, 0.25) is 0 Å². The summed E-state index contributed by atoms with van der Waals surface area (Å²) in [6.45, 7) is 1.13. The third-order valence-electron chi connectivity index (χ3n) is 2.17. The largest absolute Gasteiger partial charge is 0.402 e. The Hall–Kier alpha value is -1.42. The molecule has 1 aromatic heterocycles. The molecule has 1 heterocycles. The fourth-order valence-corrected chi connectivity index (χ4v) is 2.83. The van der Waals surface area contributed by atoms with Gasteiger partial charge in [0.25, 0.3) is 0 Å². The summed E-state index contributed by atoms with van der Waals surface area (Å²) in [7, 11) is -4.32. The quantitative estimate of drug-likeness (QED) is 0.896. The van der Waals surface area contributed by atoms with Gasteiger partial charge in [-0.25, -0.2) is 18.4 Å². The SMILES string of the molecule is CC(C)N(CC(F)(F)F)S(=O)(=O)c1cnc(N)nc1. The van der Waals surface area contributed by atoms with Gasteiger partial charge in [-0.05, 0) is 13.8 Å². The van der Waals surface area contributed by atoms with Crippen LogP contribution in [-0.2, 0) is 10.0 Å². The van der Waals surface area contributed by atoms with Crippen molar-refractivity contribution in [2.75, 3.05) is 12.3 Å². The molecule has 0 saturated carbocycles. The Bertz CT molecular complexity index is 527. The number of alkyl halides is 3. The summed E-state index contributed by atoms with van der Waals surface area (Å²) in [6, 6.07) is -0.857. The van der Waals surface area contributed by atoms with E-state index in [9.17, 15) is 21.6 Å². The molecule has 0 saturated heterocycles. The van der Waals surface area contributed by atoms with E-state index in [2.05, 4.69) is 9.97 Å². The molecule has 1 aromatic rings. The van der Waals surface area contributed by atoms with Crippen molar-refractivity contribution in [2.45, 2.75) is 31.0 Å². The molecule has 0 bridgehead atoms. The van der Waals surface area contributed by atoms with Gasteiger partial charge in [0.05, 0.1) is 12.4 Å². The van der Waals surface area contributed by atoms with Gasteiger partial charge in [0.15, 0.2) is 0 Å². The van der Waals surface area contributed by atoms with E-state index in [1.807, 2.05) is 0 Å².